The Labute approximate surface area is 169 Å². The number of sulfonamides is 1. The van der Waals surface area contributed by atoms with Crippen molar-refractivity contribution in [3.05, 3.63) is 58.6 Å². The van der Waals surface area contributed by atoms with E-state index in [-0.39, 0.29) is 30.9 Å². The quantitative estimate of drug-likeness (QED) is 0.680. The van der Waals surface area contributed by atoms with Crippen molar-refractivity contribution in [3.8, 4) is 0 Å². The number of amides is 2. The summed E-state index contributed by atoms with van der Waals surface area (Å²) < 4.78 is 25.7. The van der Waals surface area contributed by atoms with E-state index in [1.807, 2.05) is 0 Å². The summed E-state index contributed by atoms with van der Waals surface area (Å²) in [6, 6.07) is 11.4. The molecule has 0 atom stereocenters. The first-order valence-electron chi connectivity index (χ1n) is 8.52. The standard InChI is InChI=1S/C19H22ClN3O4S/c1-13-9-10-14(20)12-17(13)23(28(2,26)27)11-5-8-18(24)22-16-7-4-3-6-15(16)19(21)25/h3-4,6-7,9-10,12H,5,8,11H2,1-2H3,(H2,21,25)(H,22,24). The van der Waals surface area contributed by atoms with Crippen LogP contribution in [0.25, 0.3) is 0 Å². The number of rotatable bonds is 8. The van der Waals surface area contributed by atoms with Crippen molar-refractivity contribution in [3.63, 3.8) is 0 Å². The second-order valence-electron chi connectivity index (χ2n) is 6.33. The van der Waals surface area contributed by atoms with Crippen molar-refractivity contribution in [1.82, 2.24) is 0 Å². The third-order valence-corrected chi connectivity index (χ3v) is 5.49. The third-order valence-electron chi connectivity index (χ3n) is 4.07. The van der Waals surface area contributed by atoms with Gasteiger partial charge in [0.05, 0.1) is 23.2 Å². The summed E-state index contributed by atoms with van der Waals surface area (Å²) >= 11 is 6.00. The molecule has 0 saturated heterocycles. The number of aryl methyl sites for hydroxylation is 1. The Morgan fingerprint density at radius 3 is 2.50 bits per heavy atom. The summed E-state index contributed by atoms with van der Waals surface area (Å²) in [5.74, 6) is -0.986. The highest BCUT2D eigenvalue weighted by molar-refractivity contribution is 7.92. The molecule has 0 aliphatic carbocycles. The summed E-state index contributed by atoms with van der Waals surface area (Å²) in [5.41, 5.74) is 7.07. The molecule has 3 N–H and O–H groups in total. The Hall–Kier alpha value is -2.58. The molecule has 28 heavy (non-hydrogen) atoms. The van der Waals surface area contributed by atoms with Crippen LogP contribution in [0.5, 0.6) is 0 Å². The number of anilines is 2. The van der Waals surface area contributed by atoms with Gasteiger partial charge < -0.3 is 11.1 Å². The number of hydrogen-bond acceptors (Lipinski definition) is 4. The Balaban J connectivity index is 2.06. The fraction of sp³-hybridized carbons (Fsp3) is 0.263. The fourth-order valence-electron chi connectivity index (χ4n) is 2.72. The van der Waals surface area contributed by atoms with Gasteiger partial charge in [0.15, 0.2) is 0 Å². The van der Waals surface area contributed by atoms with Gasteiger partial charge in [-0.1, -0.05) is 29.8 Å². The van der Waals surface area contributed by atoms with Crippen LogP contribution in [0.3, 0.4) is 0 Å². The van der Waals surface area contributed by atoms with Gasteiger partial charge in [-0.05, 0) is 43.2 Å². The van der Waals surface area contributed by atoms with E-state index in [9.17, 15) is 18.0 Å². The van der Waals surface area contributed by atoms with Gasteiger partial charge in [-0.15, -0.1) is 0 Å². The zero-order chi connectivity index (χ0) is 20.9. The number of carbonyl (C=O) groups excluding carboxylic acids is 2. The van der Waals surface area contributed by atoms with Gasteiger partial charge in [0, 0.05) is 18.0 Å². The number of hydrogen-bond donors (Lipinski definition) is 2. The van der Waals surface area contributed by atoms with E-state index < -0.39 is 15.9 Å². The molecule has 0 aromatic heterocycles. The average molecular weight is 424 g/mol. The number of carbonyl (C=O) groups is 2. The van der Waals surface area contributed by atoms with Gasteiger partial charge >= 0.3 is 0 Å². The first-order valence-corrected chi connectivity index (χ1v) is 10.7. The zero-order valence-electron chi connectivity index (χ0n) is 15.6. The van der Waals surface area contributed by atoms with E-state index in [0.29, 0.717) is 16.4 Å². The predicted molar refractivity (Wildman–Crippen MR) is 111 cm³/mol. The summed E-state index contributed by atoms with van der Waals surface area (Å²) in [6.45, 7) is 1.90. The van der Waals surface area contributed by atoms with Crippen molar-refractivity contribution in [1.29, 1.82) is 0 Å². The van der Waals surface area contributed by atoms with Gasteiger partial charge in [0.25, 0.3) is 5.91 Å². The van der Waals surface area contributed by atoms with Crippen LogP contribution in [0.15, 0.2) is 42.5 Å². The number of para-hydroxylation sites is 1. The van der Waals surface area contributed by atoms with E-state index in [4.69, 9.17) is 17.3 Å². The maximum atomic E-state index is 12.2. The van der Waals surface area contributed by atoms with E-state index >= 15 is 0 Å². The molecule has 2 amide bonds. The summed E-state index contributed by atoms with van der Waals surface area (Å²) in [6.07, 6.45) is 1.46. The molecule has 2 aromatic carbocycles. The van der Waals surface area contributed by atoms with Crippen LogP contribution >= 0.6 is 11.6 Å². The zero-order valence-corrected chi connectivity index (χ0v) is 17.2. The smallest absolute Gasteiger partial charge is 0.250 e. The van der Waals surface area contributed by atoms with Crippen LogP contribution in [-0.4, -0.2) is 33.0 Å². The van der Waals surface area contributed by atoms with E-state index in [1.165, 1.54) is 10.4 Å². The number of halogens is 1. The Bertz CT molecular complexity index is 992. The highest BCUT2D eigenvalue weighted by Gasteiger charge is 2.20. The number of benzene rings is 2. The van der Waals surface area contributed by atoms with Crippen LogP contribution in [0, 0.1) is 6.92 Å². The highest BCUT2D eigenvalue weighted by atomic mass is 35.5. The second-order valence-corrected chi connectivity index (χ2v) is 8.67. The monoisotopic (exact) mass is 423 g/mol. The van der Waals surface area contributed by atoms with Crippen LogP contribution < -0.4 is 15.4 Å². The molecular formula is C19H22ClN3O4S. The van der Waals surface area contributed by atoms with Gasteiger partial charge in [-0.3, -0.25) is 13.9 Å². The molecule has 0 saturated carbocycles. The van der Waals surface area contributed by atoms with Crippen molar-refractivity contribution in [2.24, 2.45) is 5.73 Å². The Morgan fingerprint density at radius 2 is 1.86 bits per heavy atom. The molecule has 0 aliphatic heterocycles. The topological polar surface area (TPSA) is 110 Å². The second kappa shape index (κ2) is 9.07. The lowest BCUT2D eigenvalue weighted by Crippen LogP contribution is -2.32. The molecule has 0 spiro atoms. The molecule has 9 heteroatoms. The van der Waals surface area contributed by atoms with Crippen molar-refractivity contribution in [2.75, 3.05) is 22.4 Å². The molecular weight excluding hydrogens is 402 g/mol. The van der Waals surface area contributed by atoms with Crippen molar-refractivity contribution in [2.45, 2.75) is 19.8 Å². The molecule has 0 radical (unpaired) electrons. The lowest BCUT2D eigenvalue weighted by atomic mass is 10.1. The minimum atomic E-state index is -3.55. The minimum Gasteiger partial charge on any atom is -0.366 e. The molecule has 150 valence electrons. The third kappa shape index (κ3) is 5.71. The normalized spacial score (nSPS) is 11.1. The SMILES string of the molecule is Cc1ccc(Cl)cc1N(CCCC(=O)Nc1ccccc1C(N)=O)S(C)(=O)=O. The number of nitrogens with two attached hydrogens (primary N) is 1. The molecule has 0 bridgehead atoms. The van der Waals surface area contributed by atoms with Gasteiger partial charge in [0.2, 0.25) is 15.9 Å². The first kappa shape index (κ1) is 21.7. The maximum absolute atomic E-state index is 12.2. The minimum absolute atomic E-state index is 0.0682. The molecule has 0 fully saturated rings. The van der Waals surface area contributed by atoms with E-state index in [1.54, 1.807) is 43.3 Å². The van der Waals surface area contributed by atoms with Crippen molar-refractivity contribution >= 4 is 44.8 Å². The molecule has 7 nitrogen and oxygen atoms in total. The Morgan fingerprint density at radius 1 is 1.18 bits per heavy atom. The molecule has 0 unspecified atom stereocenters. The largest absolute Gasteiger partial charge is 0.366 e. The van der Waals surface area contributed by atoms with Crippen LogP contribution in [0.4, 0.5) is 11.4 Å². The lowest BCUT2D eigenvalue weighted by Gasteiger charge is -2.24. The first-order chi connectivity index (χ1) is 13.1. The van der Waals surface area contributed by atoms with Crippen molar-refractivity contribution < 1.29 is 18.0 Å². The molecule has 0 heterocycles. The molecule has 0 aliphatic rings. The van der Waals surface area contributed by atoms with E-state index in [0.717, 1.165) is 11.8 Å². The maximum Gasteiger partial charge on any atom is 0.250 e. The summed E-state index contributed by atoms with van der Waals surface area (Å²) in [4.78, 5) is 23.6. The fourth-order valence-corrected chi connectivity index (χ4v) is 3.90. The van der Waals surface area contributed by atoms with Gasteiger partial charge in [0.1, 0.15) is 0 Å². The Kier molecular flexibility index (Phi) is 7.04. The lowest BCUT2D eigenvalue weighted by molar-refractivity contribution is -0.116. The average Bonchev–Trinajstić information content (AvgIpc) is 2.60. The van der Waals surface area contributed by atoms with Crippen LogP contribution in [0.1, 0.15) is 28.8 Å². The summed E-state index contributed by atoms with van der Waals surface area (Å²) in [5, 5.41) is 3.06. The molecule has 2 aromatic rings. The molecule has 2 rings (SSSR count). The number of primary amides is 1. The van der Waals surface area contributed by atoms with Crippen LogP contribution in [-0.2, 0) is 14.8 Å². The van der Waals surface area contributed by atoms with Crippen LogP contribution in [0.2, 0.25) is 5.02 Å². The summed E-state index contributed by atoms with van der Waals surface area (Å²) in [7, 11) is -3.55. The predicted octanol–water partition coefficient (Wildman–Crippen LogP) is 2.93. The number of nitrogens with zero attached hydrogens (tertiary/aromatic N) is 1. The number of nitrogens with one attached hydrogen (secondary N) is 1. The highest BCUT2D eigenvalue weighted by Crippen LogP contribution is 2.26. The van der Waals surface area contributed by atoms with Gasteiger partial charge in [-0.25, -0.2) is 8.42 Å². The van der Waals surface area contributed by atoms with E-state index in [2.05, 4.69) is 5.32 Å². The van der Waals surface area contributed by atoms with Gasteiger partial charge in [-0.2, -0.15) is 0 Å².